The van der Waals surface area contributed by atoms with E-state index in [-0.39, 0.29) is 10.6 Å². The van der Waals surface area contributed by atoms with Crippen molar-refractivity contribution >= 4 is 21.0 Å². The first-order chi connectivity index (χ1) is 10.1. The second-order valence-electron chi connectivity index (χ2n) is 4.68. The predicted molar refractivity (Wildman–Crippen MR) is 80.7 cm³/mol. The van der Waals surface area contributed by atoms with Gasteiger partial charge in [-0.15, -0.1) is 0 Å². The molecule has 0 N–H and O–H groups in total. The van der Waals surface area contributed by atoms with E-state index in [1.807, 2.05) is 19.1 Å². The van der Waals surface area contributed by atoms with Crippen LogP contribution < -0.4 is 4.18 Å². The van der Waals surface area contributed by atoms with Gasteiger partial charge in [0.25, 0.3) is 0 Å². The molecule has 0 unspecified atom stereocenters. The number of benzene rings is 2. The van der Waals surface area contributed by atoms with E-state index in [2.05, 4.69) is 4.98 Å². The highest BCUT2D eigenvalue weighted by molar-refractivity contribution is 7.87. The molecule has 0 radical (unpaired) electrons. The van der Waals surface area contributed by atoms with Gasteiger partial charge in [-0.05, 0) is 31.2 Å². The Kier molecular flexibility index (Phi) is 3.35. The van der Waals surface area contributed by atoms with Crippen molar-refractivity contribution in [3.05, 3.63) is 66.4 Å². The minimum absolute atomic E-state index is 0.126. The lowest BCUT2D eigenvalue weighted by Crippen LogP contribution is -2.10. The summed E-state index contributed by atoms with van der Waals surface area (Å²) < 4.78 is 29.9. The Morgan fingerprint density at radius 3 is 2.43 bits per heavy atom. The van der Waals surface area contributed by atoms with Crippen molar-refractivity contribution in [1.82, 2.24) is 4.98 Å². The maximum atomic E-state index is 12.3. The quantitative estimate of drug-likeness (QED) is 0.696. The summed E-state index contributed by atoms with van der Waals surface area (Å²) in [5.41, 5.74) is 1.51. The van der Waals surface area contributed by atoms with Crippen molar-refractivity contribution in [2.75, 3.05) is 0 Å². The third-order valence-corrected chi connectivity index (χ3v) is 4.35. The molecule has 106 valence electrons. The van der Waals surface area contributed by atoms with Crippen molar-refractivity contribution in [2.24, 2.45) is 0 Å². The molecule has 4 nitrogen and oxygen atoms in total. The maximum absolute atomic E-state index is 12.3. The van der Waals surface area contributed by atoms with Crippen LogP contribution in [0, 0.1) is 6.92 Å². The molecule has 0 fully saturated rings. The summed E-state index contributed by atoms with van der Waals surface area (Å²) in [7, 11) is -3.86. The van der Waals surface area contributed by atoms with Crippen molar-refractivity contribution in [2.45, 2.75) is 11.8 Å². The SMILES string of the molecule is Cc1ccc(S(=O)(=O)Oc2cccc3cccnc23)cc1. The van der Waals surface area contributed by atoms with Crippen LogP contribution in [0.5, 0.6) is 5.75 Å². The third-order valence-electron chi connectivity index (χ3n) is 3.10. The third kappa shape index (κ3) is 2.73. The Labute approximate surface area is 123 Å². The van der Waals surface area contributed by atoms with Crippen molar-refractivity contribution < 1.29 is 12.6 Å². The topological polar surface area (TPSA) is 56.3 Å². The summed E-state index contributed by atoms with van der Waals surface area (Å²) in [5, 5.41) is 0.828. The zero-order valence-electron chi connectivity index (χ0n) is 11.4. The van der Waals surface area contributed by atoms with E-state index < -0.39 is 10.1 Å². The summed E-state index contributed by atoms with van der Waals surface area (Å²) in [5.74, 6) is 0.230. The molecule has 0 aliphatic carbocycles. The van der Waals surface area contributed by atoms with Gasteiger partial charge in [0.05, 0.1) is 0 Å². The molecule has 0 atom stereocenters. The van der Waals surface area contributed by atoms with Gasteiger partial charge < -0.3 is 4.18 Å². The number of fused-ring (bicyclic) bond motifs is 1. The van der Waals surface area contributed by atoms with E-state index in [9.17, 15) is 8.42 Å². The molecule has 0 spiro atoms. The first-order valence-corrected chi connectivity index (χ1v) is 7.82. The fraction of sp³-hybridized carbons (Fsp3) is 0.0625. The number of para-hydroxylation sites is 1. The molecule has 1 aromatic heterocycles. The van der Waals surface area contributed by atoms with Gasteiger partial charge >= 0.3 is 10.1 Å². The van der Waals surface area contributed by atoms with Crippen LogP contribution in [0.1, 0.15) is 5.56 Å². The molecule has 1 heterocycles. The second kappa shape index (κ2) is 5.18. The molecule has 0 saturated carbocycles. The van der Waals surface area contributed by atoms with E-state index in [1.54, 1.807) is 36.5 Å². The molecule has 0 amide bonds. The smallest absolute Gasteiger partial charge is 0.339 e. The zero-order valence-corrected chi connectivity index (χ0v) is 12.2. The highest BCUT2D eigenvalue weighted by atomic mass is 32.2. The van der Waals surface area contributed by atoms with Gasteiger partial charge in [-0.3, -0.25) is 4.98 Å². The largest absolute Gasteiger partial charge is 0.377 e. The van der Waals surface area contributed by atoms with E-state index in [0.29, 0.717) is 5.52 Å². The molecule has 2 aromatic carbocycles. The monoisotopic (exact) mass is 299 g/mol. The minimum atomic E-state index is -3.86. The van der Waals surface area contributed by atoms with Gasteiger partial charge in [0.15, 0.2) is 5.75 Å². The van der Waals surface area contributed by atoms with Gasteiger partial charge in [0.2, 0.25) is 0 Å². The van der Waals surface area contributed by atoms with Crippen molar-refractivity contribution in [3.8, 4) is 5.75 Å². The lowest BCUT2D eigenvalue weighted by Gasteiger charge is -2.09. The normalized spacial score (nSPS) is 11.5. The van der Waals surface area contributed by atoms with Gasteiger partial charge in [-0.1, -0.05) is 35.9 Å². The Morgan fingerprint density at radius 2 is 1.67 bits per heavy atom. The van der Waals surface area contributed by atoms with Crippen LogP contribution >= 0.6 is 0 Å². The van der Waals surface area contributed by atoms with E-state index in [0.717, 1.165) is 10.9 Å². The zero-order chi connectivity index (χ0) is 14.9. The molecule has 21 heavy (non-hydrogen) atoms. The highest BCUT2D eigenvalue weighted by Gasteiger charge is 2.18. The van der Waals surface area contributed by atoms with E-state index in [1.165, 1.54) is 12.1 Å². The molecule has 3 rings (SSSR count). The fourth-order valence-corrected chi connectivity index (χ4v) is 2.95. The Hall–Kier alpha value is -2.40. The number of nitrogens with zero attached hydrogens (tertiary/aromatic N) is 1. The van der Waals surface area contributed by atoms with Crippen LogP contribution in [-0.2, 0) is 10.1 Å². The van der Waals surface area contributed by atoms with Crippen molar-refractivity contribution in [1.29, 1.82) is 0 Å². The van der Waals surface area contributed by atoms with Gasteiger partial charge in [-0.25, -0.2) is 0 Å². The molecule has 0 saturated heterocycles. The Morgan fingerprint density at radius 1 is 0.952 bits per heavy atom. The number of pyridine rings is 1. The lowest BCUT2D eigenvalue weighted by molar-refractivity contribution is 0.488. The summed E-state index contributed by atoms with van der Waals surface area (Å²) in [6, 6.07) is 15.4. The average Bonchev–Trinajstić information content (AvgIpc) is 2.48. The standard InChI is InChI=1S/C16H13NO3S/c1-12-7-9-14(10-8-12)21(18,19)20-15-6-2-4-13-5-3-11-17-16(13)15/h2-11H,1H3. The van der Waals surface area contributed by atoms with Crippen LogP contribution in [0.4, 0.5) is 0 Å². The minimum Gasteiger partial charge on any atom is -0.377 e. The van der Waals surface area contributed by atoms with Gasteiger partial charge in [0, 0.05) is 11.6 Å². The highest BCUT2D eigenvalue weighted by Crippen LogP contribution is 2.26. The lowest BCUT2D eigenvalue weighted by atomic mass is 10.2. The first kappa shape index (κ1) is 13.6. The summed E-state index contributed by atoms with van der Waals surface area (Å²) in [6.07, 6.45) is 1.60. The van der Waals surface area contributed by atoms with Crippen LogP contribution in [0.25, 0.3) is 10.9 Å². The van der Waals surface area contributed by atoms with E-state index in [4.69, 9.17) is 4.18 Å². The molecule has 3 aromatic rings. The van der Waals surface area contributed by atoms with Crippen LogP contribution in [0.15, 0.2) is 65.7 Å². The van der Waals surface area contributed by atoms with E-state index >= 15 is 0 Å². The molecule has 0 bridgehead atoms. The molecule has 5 heteroatoms. The van der Waals surface area contributed by atoms with Crippen LogP contribution in [0.3, 0.4) is 0 Å². The second-order valence-corrected chi connectivity index (χ2v) is 6.23. The fourth-order valence-electron chi connectivity index (χ4n) is 2.01. The Balaban J connectivity index is 2.03. The number of rotatable bonds is 3. The summed E-state index contributed by atoms with van der Waals surface area (Å²) in [4.78, 5) is 4.31. The van der Waals surface area contributed by atoms with Gasteiger partial charge in [-0.2, -0.15) is 8.42 Å². The molecular formula is C16H13NO3S. The number of aryl methyl sites for hydroxylation is 1. The summed E-state index contributed by atoms with van der Waals surface area (Å²) in [6.45, 7) is 1.89. The summed E-state index contributed by atoms with van der Waals surface area (Å²) >= 11 is 0. The maximum Gasteiger partial charge on any atom is 0.339 e. The molecular weight excluding hydrogens is 286 g/mol. The molecule has 0 aliphatic rings. The Bertz CT molecular complexity index is 882. The number of hydrogen-bond donors (Lipinski definition) is 0. The van der Waals surface area contributed by atoms with Crippen LogP contribution in [0.2, 0.25) is 0 Å². The van der Waals surface area contributed by atoms with Crippen molar-refractivity contribution in [3.63, 3.8) is 0 Å². The predicted octanol–water partition coefficient (Wildman–Crippen LogP) is 3.31. The molecule has 0 aliphatic heterocycles. The first-order valence-electron chi connectivity index (χ1n) is 6.41. The number of aromatic nitrogens is 1. The number of hydrogen-bond acceptors (Lipinski definition) is 4. The van der Waals surface area contributed by atoms with Crippen LogP contribution in [-0.4, -0.2) is 13.4 Å². The average molecular weight is 299 g/mol. The van der Waals surface area contributed by atoms with Gasteiger partial charge in [0.1, 0.15) is 10.4 Å².